The van der Waals surface area contributed by atoms with E-state index in [0.29, 0.717) is 10.6 Å². The summed E-state index contributed by atoms with van der Waals surface area (Å²) in [5, 5.41) is 21.4. The van der Waals surface area contributed by atoms with Gasteiger partial charge in [0.25, 0.3) is 0 Å². The Morgan fingerprint density at radius 2 is 2.00 bits per heavy atom. The maximum absolute atomic E-state index is 9.39. The number of aliphatic hydroxyl groups is 2. The molecular formula is C11H9NO2S2. The average Bonchev–Trinajstić information content (AvgIpc) is 2.86. The van der Waals surface area contributed by atoms with Crippen molar-refractivity contribution in [3.63, 3.8) is 0 Å². The number of rotatable bonds is 3. The highest BCUT2D eigenvalue weighted by atomic mass is 32.1. The minimum Gasteiger partial charge on any atom is -0.507 e. The van der Waals surface area contributed by atoms with E-state index >= 15 is 0 Å². The predicted molar refractivity (Wildman–Crippen MR) is 68.8 cm³/mol. The molecule has 16 heavy (non-hydrogen) atoms. The summed E-state index contributed by atoms with van der Waals surface area (Å²) in [5.41, 5.74) is 0.293. The maximum atomic E-state index is 9.39. The van der Waals surface area contributed by atoms with Crippen molar-refractivity contribution in [3.05, 3.63) is 41.2 Å². The van der Waals surface area contributed by atoms with Crippen LogP contribution < -0.4 is 0 Å². The zero-order chi connectivity index (χ0) is 11.7. The van der Waals surface area contributed by atoms with Crippen molar-refractivity contribution in [1.29, 1.82) is 0 Å². The summed E-state index contributed by atoms with van der Waals surface area (Å²) in [7, 11) is 0. The summed E-state index contributed by atoms with van der Waals surface area (Å²) >= 11 is 2.83. The largest absolute Gasteiger partial charge is 0.507 e. The molecule has 3 nitrogen and oxygen atoms in total. The third-order valence-corrected chi connectivity index (χ3v) is 4.04. The van der Waals surface area contributed by atoms with Crippen LogP contribution in [0.15, 0.2) is 30.7 Å². The lowest BCUT2D eigenvalue weighted by Gasteiger charge is -1.96. The van der Waals surface area contributed by atoms with Crippen LogP contribution in [-0.2, 0) is 0 Å². The van der Waals surface area contributed by atoms with Crippen molar-refractivity contribution in [1.82, 2.24) is 4.98 Å². The molecule has 0 aliphatic heterocycles. The van der Waals surface area contributed by atoms with Gasteiger partial charge in [0, 0.05) is 0 Å². The number of nitrogens with zero attached hydrogens (tertiary/aromatic N) is 1. The van der Waals surface area contributed by atoms with Gasteiger partial charge in [-0.15, -0.1) is 22.7 Å². The highest BCUT2D eigenvalue weighted by Gasteiger charge is 2.16. The van der Waals surface area contributed by atoms with E-state index in [-0.39, 0.29) is 11.5 Å². The van der Waals surface area contributed by atoms with Gasteiger partial charge in [0.2, 0.25) is 0 Å². The van der Waals surface area contributed by atoms with Crippen molar-refractivity contribution in [2.45, 2.75) is 0 Å². The quantitative estimate of drug-likeness (QED) is 0.813. The van der Waals surface area contributed by atoms with E-state index in [1.807, 2.05) is 17.5 Å². The first-order chi connectivity index (χ1) is 7.59. The number of hydrogen-bond acceptors (Lipinski definition) is 5. The van der Waals surface area contributed by atoms with Gasteiger partial charge in [0.1, 0.15) is 22.2 Å². The number of thiazole rings is 1. The molecule has 2 rings (SSSR count). The molecule has 0 amide bonds. The monoisotopic (exact) mass is 251 g/mol. The summed E-state index contributed by atoms with van der Waals surface area (Å²) < 4.78 is 0. The van der Waals surface area contributed by atoms with Gasteiger partial charge in [0.15, 0.2) is 0 Å². The van der Waals surface area contributed by atoms with Crippen molar-refractivity contribution in [3.8, 4) is 9.88 Å². The molecule has 5 heteroatoms. The first-order valence-corrected chi connectivity index (χ1v) is 6.10. The Morgan fingerprint density at radius 1 is 1.25 bits per heavy atom. The van der Waals surface area contributed by atoms with Crippen LogP contribution in [0.2, 0.25) is 0 Å². The lowest BCUT2D eigenvalue weighted by molar-refractivity contribution is 0.502. The van der Waals surface area contributed by atoms with Crippen molar-refractivity contribution in [2.24, 2.45) is 0 Å². The Bertz CT molecular complexity index is 509. The SMILES string of the molecule is C=C(O)c1nc(-c2cccs2)sc1C(=C)O. The molecule has 2 aromatic rings. The highest BCUT2D eigenvalue weighted by Crippen LogP contribution is 2.35. The van der Waals surface area contributed by atoms with Gasteiger partial charge >= 0.3 is 0 Å². The average molecular weight is 251 g/mol. The fourth-order valence-corrected chi connectivity index (χ4v) is 2.97. The molecule has 0 aliphatic carbocycles. The van der Waals surface area contributed by atoms with Gasteiger partial charge in [0.05, 0.1) is 9.75 Å². The van der Waals surface area contributed by atoms with Crippen LogP contribution in [-0.4, -0.2) is 15.2 Å². The molecule has 2 aromatic heterocycles. The topological polar surface area (TPSA) is 53.4 Å². The molecule has 82 valence electrons. The summed E-state index contributed by atoms with van der Waals surface area (Å²) in [5.74, 6) is -0.269. The van der Waals surface area contributed by atoms with E-state index in [9.17, 15) is 10.2 Å². The molecule has 0 saturated carbocycles. The van der Waals surface area contributed by atoms with Gasteiger partial charge in [-0.2, -0.15) is 0 Å². The molecule has 0 saturated heterocycles. The van der Waals surface area contributed by atoms with Crippen LogP contribution >= 0.6 is 22.7 Å². The normalized spacial score (nSPS) is 10.2. The van der Waals surface area contributed by atoms with Crippen LogP contribution in [0.4, 0.5) is 0 Å². The minimum absolute atomic E-state index is 0.106. The maximum Gasteiger partial charge on any atom is 0.135 e. The Balaban J connectivity index is 2.55. The number of hydrogen-bond donors (Lipinski definition) is 2. The van der Waals surface area contributed by atoms with E-state index in [1.165, 1.54) is 11.3 Å². The molecule has 2 N–H and O–H groups in total. The Hall–Kier alpha value is -1.59. The fraction of sp³-hybridized carbons (Fsp3) is 0. The molecule has 0 aliphatic rings. The van der Waals surface area contributed by atoms with E-state index in [2.05, 4.69) is 18.1 Å². The second-order valence-electron chi connectivity index (χ2n) is 3.07. The zero-order valence-electron chi connectivity index (χ0n) is 8.30. The molecule has 0 unspecified atom stereocenters. The van der Waals surface area contributed by atoms with E-state index in [0.717, 1.165) is 9.88 Å². The van der Waals surface area contributed by atoms with E-state index < -0.39 is 0 Å². The molecule has 0 spiro atoms. The molecule has 0 radical (unpaired) electrons. The van der Waals surface area contributed by atoms with Crippen LogP contribution in [0.3, 0.4) is 0 Å². The summed E-state index contributed by atoms with van der Waals surface area (Å²) in [6, 6.07) is 3.85. The minimum atomic E-state index is -0.163. The number of aliphatic hydroxyl groups excluding tert-OH is 2. The molecule has 2 heterocycles. The van der Waals surface area contributed by atoms with E-state index in [4.69, 9.17) is 0 Å². The third kappa shape index (κ3) is 1.87. The lowest BCUT2D eigenvalue weighted by Crippen LogP contribution is -1.87. The van der Waals surface area contributed by atoms with Gasteiger partial charge in [-0.25, -0.2) is 4.98 Å². The summed E-state index contributed by atoms with van der Waals surface area (Å²) in [6.45, 7) is 6.85. The first kappa shape index (κ1) is 10.9. The standard InChI is InChI=1S/C11H9NO2S2/c1-6(13)9-10(7(2)14)16-11(12-9)8-4-3-5-15-8/h3-5,13-14H,1-2H2. The lowest BCUT2D eigenvalue weighted by atomic mass is 10.3. The molecule has 0 bridgehead atoms. The fourth-order valence-electron chi connectivity index (χ4n) is 1.22. The van der Waals surface area contributed by atoms with Crippen LogP contribution in [0, 0.1) is 0 Å². The second-order valence-corrected chi connectivity index (χ2v) is 5.01. The predicted octanol–water partition coefficient (Wildman–Crippen LogP) is 3.93. The Kier molecular flexibility index (Phi) is 2.80. The van der Waals surface area contributed by atoms with Gasteiger partial charge in [-0.3, -0.25) is 0 Å². The van der Waals surface area contributed by atoms with E-state index in [1.54, 1.807) is 11.3 Å². The molecule has 0 aromatic carbocycles. The Labute approximate surface area is 101 Å². The second kappa shape index (κ2) is 4.11. The van der Waals surface area contributed by atoms with Gasteiger partial charge < -0.3 is 10.2 Å². The number of thiophene rings is 1. The number of aromatic nitrogens is 1. The first-order valence-electron chi connectivity index (χ1n) is 4.40. The van der Waals surface area contributed by atoms with Crippen LogP contribution in [0.25, 0.3) is 21.4 Å². The molecule has 0 fully saturated rings. The van der Waals surface area contributed by atoms with Crippen molar-refractivity contribution < 1.29 is 10.2 Å². The van der Waals surface area contributed by atoms with Gasteiger partial charge in [-0.05, 0) is 11.4 Å². The summed E-state index contributed by atoms with van der Waals surface area (Å²) in [4.78, 5) is 5.67. The van der Waals surface area contributed by atoms with Gasteiger partial charge in [-0.1, -0.05) is 19.2 Å². The smallest absolute Gasteiger partial charge is 0.135 e. The third-order valence-electron chi connectivity index (χ3n) is 1.89. The zero-order valence-corrected chi connectivity index (χ0v) is 9.94. The summed E-state index contributed by atoms with van der Waals surface area (Å²) in [6.07, 6.45) is 0. The van der Waals surface area contributed by atoms with Crippen molar-refractivity contribution in [2.75, 3.05) is 0 Å². The Morgan fingerprint density at radius 3 is 2.44 bits per heavy atom. The van der Waals surface area contributed by atoms with Crippen LogP contribution in [0.1, 0.15) is 10.6 Å². The molecular weight excluding hydrogens is 242 g/mol. The van der Waals surface area contributed by atoms with Crippen LogP contribution in [0.5, 0.6) is 0 Å². The highest BCUT2D eigenvalue weighted by molar-refractivity contribution is 7.21. The van der Waals surface area contributed by atoms with Crippen molar-refractivity contribution >= 4 is 34.2 Å². The molecule has 0 atom stereocenters.